The van der Waals surface area contributed by atoms with Crippen LogP contribution < -0.4 is 10.1 Å². The summed E-state index contributed by atoms with van der Waals surface area (Å²) in [5, 5.41) is 13.7. The molecular weight excluding hydrogens is 270 g/mol. The van der Waals surface area contributed by atoms with Crippen LogP contribution >= 0.6 is 11.6 Å². The zero-order valence-corrected chi connectivity index (χ0v) is 12.2. The lowest BCUT2D eigenvalue weighted by Crippen LogP contribution is -2.31. The third-order valence-electron chi connectivity index (χ3n) is 2.71. The van der Waals surface area contributed by atoms with E-state index in [0.29, 0.717) is 36.0 Å². The monoisotopic (exact) mass is 289 g/mol. The summed E-state index contributed by atoms with van der Waals surface area (Å²) < 4.78 is 15.3. The molecule has 5 nitrogen and oxygen atoms in total. The lowest BCUT2D eigenvalue weighted by molar-refractivity contribution is 0.0287. The fourth-order valence-corrected chi connectivity index (χ4v) is 1.91. The predicted molar refractivity (Wildman–Crippen MR) is 74.0 cm³/mol. The van der Waals surface area contributed by atoms with Crippen molar-refractivity contribution in [2.75, 3.05) is 34.5 Å². The minimum Gasteiger partial charge on any atom is -0.504 e. The largest absolute Gasteiger partial charge is 0.504 e. The first-order valence-corrected chi connectivity index (χ1v) is 6.28. The van der Waals surface area contributed by atoms with Crippen LogP contribution in [0.4, 0.5) is 0 Å². The molecule has 0 saturated heterocycles. The van der Waals surface area contributed by atoms with E-state index in [1.165, 1.54) is 7.11 Å². The van der Waals surface area contributed by atoms with Gasteiger partial charge in [-0.2, -0.15) is 0 Å². The molecule has 0 spiro atoms. The second-order valence-corrected chi connectivity index (χ2v) is 4.50. The minimum absolute atomic E-state index is 0.0341. The van der Waals surface area contributed by atoms with E-state index in [9.17, 15) is 5.11 Å². The van der Waals surface area contributed by atoms with E-state index in [1.807, 2.05) is 0 Å². The molecule has 19 heavy (non-hydrogen) atoms. The molecule has 1 aromatic carbocycles. The molecule has 0 radical (unpaired) electrons. The summed E-state index contributed by atoms with van der Waals surface area (Å²) in [6, 6.07) is 3.27. The molecule has 0 aliphatic carbocycles. The Balaban J connectivity index is 2.60. The van der Waals surface area contributed by atoms with E-state index in [4.69, 9.17) is 25.8 Å². The standard InChI is InChI=1S/C13H20ClNO4/c1-17-8-11(18-2)7-15-6-9-4-10(14)5-12(19-3)13(9)16/h4-5,11,15-16H,6-8H2,1-3H3. The highest BCUT2D eigenvalue weighted by molar-refractivity contribution is 6.30. The number of hydrogen-bond acceptors (Lipinski definition) is 5. The van der Waals surface area contributed by atoms with Gasteiger partial charge in [-0.1, -0.05) is 11.6 Å². The Labute approximate surface area is 118 Å². The summed E-state index contributed by atoms with van der Waals surface area (Å²) in [6.45, 7) is 1.58. The van der Waals surface area contributed by atoms with Crippen LogP contribution in [0.15, 0.2) is 12.1 Å². The molecule has 0 amide bonds. The number of rotatable bonds is 8. The smallest absolute Gasteiger partial charge is 0.162 e. The van der Waals surface area contributed by atoms with Crippen LogP contribution in [-0.2, 0) is 16.0 Å². The van der Waals surface area contributed by atoms with Gasteiger partial charge in [0.1, 0.15) is 0 Å². The van der Waals surface area contributed by atoms with E-state index in [1.54, 1.807) is 26.4 Å². The molecule has 0 aliphatic rings. The molecule has 1 rings (SSSR count). The van der Waals surface area contributed by atoms with Crippen LogP contribution in [0.3, 0.4) is 0 Å². The first-order chi connectivity index (χ1) is 9.12. The van der Waals surface area contributed by atoms with Gasteiger partial charge in [-0.15, -0.1) is 0 Å². The highest BCUT2D eigenvalue weighted by Crippen LogP contribution is 2.33. The number of ether oxygens (including phenoxy) is 3. The molecule has 108 valence electrons. The van der Waals surface area contributed by atoms with Crippen LogP contribution in [0.25, 0.3) is 0 Å². The normalized spacial score (nSPS) is 12.4. The SMILES string of the molecule is COCC(CNCc1cc(Cl)cc(OC)c1O)OC. The van der Waals surface area contributed by atoms with Crippen molar-refractivity contribution in [2.45, 2.75) is 12.6 Å². The van der Waals surface area contributed by atoms with Gasteiger partial charge in [0.2, 0.25) is 0 Å². The second-order valence-electron chi connectivity index (χ2n) is 4.06. The summed E-state index contributed by atoms with van der Waals surface area (Å²) in [6.07, 6.45) is -0.0341. The number of benzene rings is 1. The van der Waals surface area contributed by atoms with E-state index < -0.39 is 0 Å². The number of aromatic hydroxyl groups is 1. The van der Waals surface area contributed by atoms with Gasteiger partial charge in [0.25, 0.3) is 0 Å². The number of phenolic OH excluding ortho intramolecular Hbond substituents is 1. The number of methoxy groups -OCH3 is 3. The van der Waals surface area contributed by atoms with Crippen molar-refractivity contribution in [1.82, 2.24) is 5.32 Å². The van der Waals surface area contributed by atoms with Crippen molar-refractivity contribution in [3.05, 3.63) is 22.7 Å². The minimum atomic E-state index is -0.0341. The Hall–Kier alpha value is -1.01. The maximum absolute atomic E-state index is 9.96. The average Bonchev–Trinajstić information content (AvgIpc) is 2.41. The molecular formula is C13H20ClNO4. The van der Waals surface area contributed by atoms with Crippen LogP contribution in [0, 0.1) is 0 Å². The summed E-state index contributed by atoms with van der Waals surface area (Å²) >= 11 is 5.96. The molecule has 2 N–H and O–H groups in total. The Morgan fingerprint density at radius 2 is 2.05 bits per heavy atom. The topological polar surface area (TPSA) is 60.0 Å². The molecule has 6 heteroatoms. The first-order valence-electron chi connectivity index (χ1n) is 5.90. The van der Waals surface area contributed by atoms with Gasteiger partial charge in [0, 0.05) is 44.0 Å². The van der Waals surface area contributed by atoms with Crippen LogP contribution in [-0.4, -0.2) is 45.7 Å². The molecule has 0 saturated carbocycles. The fourth-order valence-electron chi connectivity index (χ4n) is 1.68. The Morgan fingerprint density at radius 1 is 1.32 bits per heavy atom. The lowest BCUT2D eigenvalue weighted by atomic mass is 10.2. The maximum Gasteiger partial charge on any atom is 0.162 e. The molecule has 0 bridgehead atoms. The zero-order chi connectivity index (χ0) is 14.3. The van der Waals surface area contributed by atoms with Crippen molar-refractivity contribution in [3.63, 3.8) is 0 Å². The van der Waals surface area contributed by atoms with Crippen molar-refractivity contribution in [3.8, 4) is 11.5 Å². The number of phenols is 1. The highest BCUT2D eigenvalue weighted by atomic mass is 35.5. The number of hydrogen-bond donors (Lipinski definition) is 2. The molecule has 0 aromatic heterocycles. The van der Waals surface area contributed by atoms with Gasteiger partial charge in [-0.05, 0) is 6.07 Å². The molecule has 1 atom stereocenters. The van der Waals surface area contributed by atoms with E-state index in [0.717, 1.165) is 0 Å². The van der Waals surface area contributed by atoms with Gasteiger partial charge in [-0.3, -0.25) is 0 Å². The molecule has 1 unspecified atom stereocenters. The van der Waals surface area contributed by atoms with Crippen LogP contribution in [0.2, 0.25) is 5.02 Å². The number of nitrogens with one attached hydrogen (secondary N) is 1. The Kier molecular flexibility index (Phi) is 6.94. The quantitative estimate of drug-likeness (QED) is 0.764. The molecule has 0 heterocycles. The van der Waals surface area contributed by atoms with Gasteiger partial charge >= 0.3 is 0 Å². The number of halogens is 1. The van der Waals surface area contributed by atoms with E-state index in [2.05, 4.69) is 5.32 Å². The third-order valence-corrected chi connectivity index (χ3v) is 2.93. The Morgan fingerprint density at radius 3 is 2.63 bits per heavy atom. The lowest BCUT2D eigenvalue weighted by Gasteiger charge is -2.16. The van der Waals surface area contributed by atoms with Gasteiger partial charge < -0.3 is 24.6 Å². The van der Waals surface area contributed by atoms with Crippen LogP contribution in [0.1, 0.15) is 5.56 Å². The third kappa shape index (κ3) is 4.87. The van der Waals surface area contributed by atoms with Gasteiger partial charge in [-0.25, -0.2) is 0 Å². The first kappa shape index (κ1) is 16.0. The molecule has 1 aromatic rings. The summed E-state index contributed by atoms with van der Waals surface area (Å²) in [5.74, 6) is 0.463. The van der Waals surface area contributed by atoms with E-state index in [-0.39, 0.29) is 11.9 Å². The van der Waals surface area contributed by atoms with Crippen LogP contribution in [0.5, 0.6) is 11.5 Å². The summed E-state index contributed by atoms with van der Waals surface area (Å²) in [5.41, 5.74) is 0.677. The fraction of sp³-hybridized carbons (Fsp3) is 0.538. The maximum atomic E-state index is 9.96. The highest BCUT2D eigenvalue weighted by Gasteiger charge is 2.11. The molecule has 0 fully saturated rings. The zero-order valence-electron chi connectivity index (χ0n) is 11.4. The van der Waals surface area contributed by atoms with Gasteiger partial charge in [0.15, 0.2) is 11.5 Å². The molecule has 0 aliphatic heterocycles. The van der Waals surface area contributed by atoms with Crippen molar-refractivity contribution >= 4 is 11.6 Å². The average molecular weight is 290 g/mol. The second kappa shape index (κ2) is 8.22. The summed E-state index contributed by atoms with van der Waals surface area (Å²) in [7, 11) is 4.74. The Bertz CT molecular complexity index is 400. The van der Waals surface area contributed by atoms with E-state index >= 15 is 0 Å². The summed E-state index contributed by atoms with van der Waals surface area (Å²) in [4.78, 5) is 0. The predicted octanol–water partition coefficient (Wildman–Crippen LogP) is 1.81. The van der Waals surface area contributed by atoms with Crippen molar-refractivity contribution in [1.29, 1.82) is 0 Å². The van der Waals surface area contributed by atoms with Crippen molar-refractivity contribution in [2.24, 2.45) is 0 Å². The van der Waals surface area contributed by atoms with Crippen molar-refractivity contribution < 1.29 is 19.3 Å². The van der Waals surface area contributed by atoms with Gasteiger partial charge in [0.05, 0.1) is 19.8 Å².